The molecule has 0 saturated heterocycles. The molecule has 2 aromatic carbocycles. The molecule has 2 rings (SSSR count). The molecular formula is C24H32NO2. The average molecular weight is 367 g/mol. The van der Waals surface area contributed by atoms with E-state index in [2.05, 4.69) is 65.1 Å². The van der Waals surface area contributed by atoms with Gasteiger partial charge in [0, 0.05) is 11.3 Å². The van der Waals surface area contributed by atoms with Gasteiger partial charge < -0.3 is 10.1 Å². The topological polar surface area (TPSA) is 38.3 Å². The van der Waals surface area contributed by atoms with E-state index in [4.69, 9.17) is 4.74 Å². The van der Waals surface area contributed by atoms with Crippen molar-refractivity contribution in [3.8, 4) is 5.75 Å². The van der Waals surface area contributed by atoms with Crippen LogP contribution in [0.2, 0.25) is 0 Å². The van der Waals surface area contributed by atoms with Gasteiger partial charge in [0.05, 0.1) is 0 Å². The fraction of sp³-hybridized carbons (Fsp3) is 0.458. The van der Waals surface area contributed by atoms with Gasteiger partial charge in [-0.1, -0.05) is 65.8 Å². The Balaban J connectivity index is 2.21. The first-order valence-electron chi connectivity index (χ1n) is 9.73. The van der Waals surface area contributed by atoms with E-state index in [0.717, 1.165) is 29.8 Å². The number of rotatable bonds is 8. The second kappa shape index (κ2) is 8.60. The summed E-state index contributed by atoms with van der Waals surface area (Å²) in [6.07, 6.45) is 2.06. The van der Waals surface area contributed by atoms with E-state index in [9.17, 15) is 4.79 Å². The molecule has 27 heavy (non-hydrogen) atoms. The molecule has 1 radical (unpaired) electrons. The molecule has 0 aliphatic heterocycles. The first kappa shape index (κ1) is 21.0. The quantitative estimate of drug-likeness (QED) is 0.633. The Morgan fingerprint density at radius 3 is 2.37 bits per heavy atom. The first-order chi connectivity index (χ1) is 12.7. The first-order valence-corrected chi connectivity index (χ1v) is 9.73. The molecule has 1 N–H and O–H groups in total. The largest absolute Gasteiger partial charge is 0.483 e. The van der Waals surface area contributed by atoms with Crippen molar-refractivity contribution < 1.29 is 9.53 Å². The summed E-state index contributed by atoms with van der Waals surface area (Å²) < 4.78 is 5.94. The van der Waals surface area contributed by atoms with Gasteiger partial charge in [0.2, 0.25) is 0 Å². The van der Waals surface area contributed by atoms with Crippen LogP contribution < -0.4 is 10.1 Å². The number of hydrogen-bond acceptors (Lipinski definition) is 2. The smallest absolute Gasteiger partial charge is 0.262 e. The van der Waals surface area contributed by atoms with Crippen LogP contribution in [0, 0.1) is 6.07 Å². The zero-order valence-electron chi connectivity index (χ0n) is 17.5. The average Bonchev–Trinajstić information content (AvgIpc) is 2.67. The molecule has 0 aromatic heterocycles. The Morgan fingerprint density at radius 2 is 1.78 bits per heavy atom. The predicted octanol–water partition coefficient (Wildman–Crippen LogP) is 5.88. The number of carbonyl (C=O) groups excluding carboxylic acids is 1. The molecule has 3 heteroatoms. The summed E-state index contributed by atoms with van der Waals surface area (Å²) in [6, 6.07) is 16.6. The molecule has 0 unspecified atom stereocenters. The van der Waals surface area contributed by atoms with Gasteiger partial charge in [-0.25, -0.2) is 0 Å². The van der Waals surface area contributed by atoms with Crippen LogP contribution in [0.25, 0.3) is 0 Å². The maximum Gasteiger partial charge on any atom is 0.262 e. The van der Waals surface area contributed by atoms with Crippen molar-refractivity contribution in [2.75, 3.05) is 11.9 Å². The van der Waals surface area contributed by atoms with E-state index in [1.54, 1.807) is 12.1 Å². The van der Waals surface area contributed by atoms with Crippen LogP contribution in [-0.4, -0.2) is 12.5 Å². The molecule has 0 saturated carbocycles. The second-order valence-corrected chi connectivity index (χ2v) is 8.31. The van der Waals surface area contributed by atoms with Crippen molar-refractivity contribution in [1.82, 2.24) is 0 Å². The van der Waals surface area contributed by atoms with Crippen molar-refractivity contribution in [2.24, 2.45) is 0 Å². The molecule has 0 bridgehead atoms. The Morgan fingerprint density at radius 1 is 1.07 bits per heavy atom. The number of nitrogens with one attached hydrogen (secondary N) is 1. The van der Waals surface area contributed by atoms with Gasteiger partial charge >= 0.3 is 0 Å². The highest BCUT2D eigenvalue weighted by molar-refractivity contribution is 5.91. The number of benzene rings is 2. The maximum absolute atomic E-state index is 12.2. The summed E-state index contributed by atoms with van der Waals surface area (Å²) in [5.74, 6) is 0.611. The third kappa shape index (κ3) is 5.35. The molecule has 3 nitrogen and oxygen atoms in total. The predicted molar refractivity (Wildman–Crippen MR) is 112 cm³/mol. The van der Waals surface area contributed by atoms with Gasteiger partial charge in [0.15, 0.2) is 6.61 Å². The third-order valence-electron chi connectivity index (χ3n) is 5.61. The molecule has 0 atom stereocenters. The molecule has 1 amide bonds. The maximum atomic E-state index is 12.2. The summed E-state index contributed by atoms with van der Waals surface area (Å²) >= 11 is 0. The van der Waals surface area contributed by atoms with Gasteiger partial charge in [0.1, 0.15) is 5.75 Å². The summed E-state index contributed by atoms with van der Waals surface area (Å²) in [6.45, 7) is 13.3. The highest BCUT2D eigenvalue weighted by Crippen LogP contribution is 2.38. The van der Waals surface area contributed by atoms with Crippen molar-refractivity contribution in [2.45, 2.75) is 65.2 Å². The van der Waals surface area contributed by atoms with E-state index >= 15 is 0 Å². The van der Waals surface area contributed by atoms with Crippen LogP contribution in [0.5, 0.6) is 5.75 Å². The number of amides is 1. The van der Waals surface area contributed by atoms with Crippen LogP contribution >= 0.6 is 0 Å². The van der Waals surface area contributed by atoms with Crippen molar-refractivity contribution >= 4 is 11.6 Å². The van der Waals surface area contributed by atoms with Gasteiger partial charge in [-0.15, -0.1) is 0 Å². The third-order valence-corrected chi connectivity index (χ3v) is 5.61. The number of hydrogen-bond donors (Lipinski definition) is 1. The molecule has 0 fully saturated rings. The van der Waals surface area contributed by atoms with Crippen LogP contribution in [0.15, 0.2) is 42.5 Å². The van der Waals surface area contributed by atoms with Crippen LogP contribution in [0.1, 0.15) is 65.5 Å². The Kier molecular flexibility index (Phi) is 6.69. The van der Waals surface area contributed by atoms with Gasteiger partial charge in [0.25, 0.3) is 5.91 Å². The molecule has 0 spiro atoms. The summed E-state index contributed by atoms with van der Waals surface area (Å²) in [4.78, 5) is 12.2. The summed E-state index contributed by atoms with van der Waals surface area (Å²) in [5, 5.41) is 2.83. The van der Waals surface area contributed by atoms with Gasteiger partial charge in [-0.05, 0) is 53.5 Å². The Hall–Kier alpha value is -2.29. The lowest BCUT2D eigenvalue weighted by Crippen LogP contribution is -2.24. The lowest BCUT2D eigenvalue weighted by molar-refractivity contribution is -0.118. The summed E-state index contributed by atoms with van der Waals surface area (Å²) in [5.41, 5.74) is 3.27. The minimum absolute atomic E-state index is 0.0157. The van der Waals surface area contributed by atoms with E-state index < -0.39 is 0 Å². The lowest BCUT2D eigenvalue weighted by Gasteiger charge is -2.30. The number of carbonyl (C=O) groups is 1. The minimum atomic E-state index is -0.173. The molecule has 0 heterocycles. The second-order valence-electron chi connectivity index (χ2n) is 8.31. The monoisotopic (exact) mass is 366 g/mol. The van der Waals surface area contributed by atoms with Crippen LogP contribution in [0.4, 0.5) is 5.69 Å². The fourth-order valence-corrected chi connectivity index (χ4v) is 2.81. The van der Waals surface area contributed by atoms with Crippen LogP contribution in [-0.2, 0) is 15.6 Å². The highest BCUT2D eigenvalue weighted by atomic mass is 16.5. The molecule has 0 aliphatic carbocycles. The lowest BCUT2D eigenvalue weighted by atomic mass is 9.76. The van der Waals surface area contributed by atoms with Crippen molar-refractivity contribution in [3.63, 3.8) is 0 Å². The Labute approximate surface area is 164 Å². The zero-order valence-corrected chi connectivity index (χ0v) is 17.5. The normalized spacial score (nSPS) is 11.9. The van der Waals surface area contributed by atoms with Gasteiger partial charge in [-0.2, -0.15) is 0 Å². The van der Waals surface area contributed by atoms with E-state index in [0.29, 0.717) is 0 Å². The number of anilines is 1. The van der Waals surface area contributed by atoms with Crippen molar-refractivity contribution in [1.29, 1.82) is 0 Å². The highest BCUT2D eigenvalue weighted by Gasteiger charge is 2.26. The van der Waals surface area contributed by atoms with E-state index in [1.807, 2.05) is 18.2 Å². The minimum Gasteiger partial charge on any atom is -0.483 e. The van der Waals surface area contributed by atoms with Crippen LogP contribution in [0.3, 0.4) is 0 Å². The molecule has 2 aromatic rings. The molecule has 0 aliphatic rings. The van der Waals surface area contributed by atoms with Gasteiger partial charge in [-0.3, -0.25) is 4.79 Å². The fourth-order valence-electron chi connectivity index (χ4n) is 2.81. The number of ether oxygens (including phenoxy) is 1. The Bertz CT molecular complexity index is 763. The van der Waals surface area contributed by atoms with E-state index in [-0.39, 0.29) is 23.3 Å². The molecular weight excluding hydrogens is 334 g/mol. The van der Waals surface area contributed by atoms with Crippen molar-refractivity contribution in [3.05, 3.63) is 59.7 Å². The standard InChI is InChI=1S/C24H32NO2/c1-7-23(3,4)18-14-15-21(20(16-18)24(5,6)8-2)27-17-22(26)25-19-12-10-9-11-13-19/h9-10,12-16H,7-8,17H2,1-6H3,(H,25,26). The SMILES string of the molecule is CCC(C)(C)c1ccc(OCC(=O)Nc2c[c]ccc2)c(C(C)(C)CC)c1. The zero-order chi connectivity index (χ0) is 20.1. The summed E-state index contributed by atoms with van der Waals surface area (Å²) in [7, 11) is 0. The van der Waals surface area contributed by atoms with E-state index in [1.165, 1.54) is 5.56 Å². The molecule has 145 valence electrons.